The Morgan fingerprint density at radius 3 is 2.68 bits per heavy atom. The van der Waals surface area contributed by atoms with E-state index >= 15 is 0 Å². The lowest BCUT2D eigenvalue weighted by Gasteiger charge is -2.15. The molecule has 0 radical (unpaired) electrons. The van der Waals surface area contributed by atoms with Crippen molar-refractivity contribution in [3.63, 3.8) is 0 Å². The molecular weight excluding hydrogens is 241 g/mol. The molecule has 0 bridgehead atoms. The summed E-state index contributed by atoms with van der Waals surface area (Å²) in [5.74, 6) is -0.225. The van der Waals surface area contributed by atoms with Crippen molar-refractivity contribution in [3.8, 4) is 5.69 Å². The van der Waals surface area contributed by atoms with Crippen LogP contribution in [0.15, 0.2) is 24.5 Å². The largest absolute Gasteiger partial charge is 0.327 e. The molecule has 19 heavy (non-hydrogen) atoms. The van der Waals surface area contributed by atoms with Crippen LogP contribution in [0.1, 0.15) is 30.3 Å². The van der Waals surface area contributed by atoms with Gasteiger partial charge in [-0.1, -0.05) is 6.92 Å². The molecule has 4 heteroatoms. The maximum Gasteiger partial charge on any atom is 0.123 e. The first-order valence-corrected chi connectivity index (χ1v) is 6.57. The van der Waals surface area contributed by atoms with Crippen LogP contribution in [-0.2, 0) is 6.42 Å². The molecule has 0 saturated carbocycles. The second-order valence-corrected chi connectivity index (χ2v) is 4.93. The predicted octanol–water partition coefficient (Wildman–Crippen LogP) is 2.91. The van der Waals surface area contributed by atoms with E-state index in [9.17, 15) is 4.39 Å². The summed E-state index contributed by atoms with van der Waals surface area (Å²) >= 11 is 0. The highest BCUT2D eigenvalue weighted by Crippen LogP contribution is 2.21. The first kappa shape index (κ1) is 13.7. The fourth-order valence-corrected chi connectivity index (χ4v) is 2.12. The Labute approximate surface area is 113 Å². The third-order valence-corrected chi connectivity index (χ3v) is 3.56. The normalized spacial score (nSPS) is 12.7. The molecule has 2 rings (SSSR count). The zero-order valence-electron chi connectivity index (χ0n) is 11.7. The fraction of sp³-hybridized carbons (Fsp3) is 0.400. The number of nitrogens with zero attached hydrogens (tertiary/aromatic N) is 2. The Morgan fingerprint density at radius 1 is 1.37 bits per heavy atom. The molecule has 0 amide bonds. The fourth-order valence-electron chi connectivity index (χ4n) is 2.12. The molecule has 0 fully saturated rings. The van der Waals surface area contributed by atoms with E-state index in [2.05, 4.69) is 4.98 Å². The molecule has 0 aliphatic rings. The third-order valence-electron chi connectivity index (χ3n) is 3.56. The van der Waals surface area contributed by atoms with Crippen LogP contribution in [0.25, 0.3) is 5.69 Å². The molecule has 102 valence electrons. The van der Waals surface area contributed by atoms with Crippen LogP contribution >= 0.6 is 0 Å². The van der Waals surface area contributed by atoms with Crippen LogP contribution in [0, 0.1) is 19.7 Å². The quantitative estimate of drug-likeness (QED) is 0.919. The molecule has 1 atom stereocenters. The monoisotopic (exact) mass is 261 g/mol. The number of hydrogen-bond donors (Lipinski definition) is 1. The predicted molar refractivity (Wildman–Crippen MR) is 75.0 cm³/mol. The minimum atomic E-state index is -0.225. The summed E-state index contributed by atoms with van der Waals surface area (Å²) in [6.07, 6.45) is 3.32. The maximum absolute atomic E-state index is 13.5. The molecule has 1 aromatic heterocycles. The van der Waals surface area contributed by atoms with Gasteiger partial charge in [-0.25, -0.2) is 9.37 Å². The van der Waals surface area contributed by atoms with Crippen LogP contribution in [0.3, 0.4) is 0 Å². The minimum Gasteiger partial charge on any atom is -0.327 e. The Hall–Kier alpha value is -1.68. The van der Waals surface area contributed by atoms with Crippen molar-refractivity contribution in [1.82, 2.24) is 9.55 Å². The van der Waals surface area contributed by atoms with Gasteiger partial charge in [0.2, 0.25) is 0 Å². The van der Waals surface area contributed by atoms with E-state index < -0.39 is 0 Å². The van der Waals surface area contributed by atoms with Gasteiger partial charge in [-0.05, 0) is 50.5 Å². The van der Waals surface area contributed by atoms with Gasteiger partial charge in [0.15, 0.2) is 0 Å². The molecule has 0 spiro atoms. The van der Waals surface area contributed by atoms with E-state index in [0.29, 0.717) is 6.42 Å². The molecule has 0 aliphatic carbocycles. The molecule has 3 nitrogen and oxygen atoms in total. The van der Waals surface area contributed by atoms with Crippen LogP contribution in [0.4, 0.5) is 4.39 Å². The van der Waals surface area contributed by atoms with E-state index in [1.807, 2.05) is 25.3 Å². The summed E-state index contributed by atoms with van der Waals surface area (Å²) in [6.45, 7) is 6.01. The van der Waals surface area contributed by atoms with Gasteiger partial charge >= 0.3 is 0 Å². The number of rotatable bonds is 4. The molecule has 1 unspecified atom stereocenters. The molecular formula is C15H20FN3. The highest BCUT2D eigenvalue weighted by atomic mass is 19.1. The third kappa shape index (κ3) is 2.84. The number of halogens is 1. The van der Waals surface area contributed by atoms with Crippen LogP contribution in [0.5, 0.6) is 0 Å². The summed E-state index contributed by atoms with van der Waals surface area (Å²) < 4.78 is 15.4. The lowest BCUT2D eigenvalue weighted by molar-refractivity contribution is 0.612. The van der Waals surface area contributed by atoms with E-state index in [4.69, 9.17) is 5.73 Å². The Bertz CT molecular complexity index is 575. The number of imidazole rings is 1. The number of nitrogens with two attached hydrogens (primary N) is 1. The van der Waals surface area contributed by atoms with Crippen molar-refractivity contribution in [2.75, 3.05) is 0 Å². The highest BCUT2D eigenvalue weighted by molar-refractivity contribution is 5.43. The van der Waals surface area contributed by atoms with Crippen molar-refractivity contribution < 1.29 is 4.39 Å². The summed E-state index contributed by atoms with van der Waals surface area (Å²) in [6, 6.07) is 4.89. The molecule has 1 heterocycles. The average molecular weight is 261 g/mol. The van der Waals surface area contributed by atoms with Crippen molar-refractivity contribution in [2.45, 2.75) is 39.7 Å². The number of aryl methyl sites for hydroxylation is 1. The van der Waals surface area contributed by atoms with Crippen LogP contribution in [0.2, 0.25) is 0 Å². The SMILES string of the molecule is CCC(N)Cc1cc(F)ccc1-n1cnc(C)c1C. The van der Waals surface area contributed by atoms with Crippen LogP contribution in [-0.4, -0.2) is 15.6 Å². The Kier molecular flexibility index (Phi) is 4.00. The van der Waals surface area contributed by atoms with E-state index in [1.54, 1.807) is 18.5 Å². The first-order valence-electron chi connectivity index (χ1n) is 6.57. The lowest BCUT2D eigenvalue weighted by Crippen LogP contribution is -2.22. The number of hydrogen-bond acceptors (Lipinski definition) is 2. The maximum atomic E-state index is 13.5. The highest BCUT2D eigenvalue weighted by Gasteiger charge is 2.12. The van der Waals surface area contributed by atoms with Crippen LogP contribution < -0.4 is 5.73 Å². The van der Waals surface area contributed by atoms with Crippen molar-refractivity contribution in [2.24, 2.45) is 5.73 Å². The topological polar surface area (TPSA) is 43.8 Å². The van der Waals surface area contributed by atoms with Crippen molar-refractivity contribution in [1.29, 1.82) is 0 Å². The van der Waals surface area contributed by atoms with Gasteiger partial charge in [0, 0.05) is 11.7 Å². The van der Waals surface area contributed by atoms with Gasteiger partial charge in [0.05, 0.1) is 17.7 Å². The van der Waals surface area contributed by atoms with Gasteiger partial charge in [-0.2, -0.15) is 0 Å². The van der Waals surface area contributed by atoms with E-state index in [-0.39, 0.29) is 11.9 Å². The smallest absolute Gasteiger partial charge is 0.123 e. The Balaban J connectivity index is 2.47. The van der Waals surface area contributed by atoms with Gasteiger partial charge < -0.3 is 10.3 Å². The van der Waals surface area contributed by atoms with Crippen molar-refractivity contribution >= 4 is 0 Å². The molecule has 2 aromatic rings. The average Bonchev–Trinajstić information content (AvgIpc) is 2.70. The minimum absolute atomic E-state index is 0.0467. The molecule has 1 aromatic carbocycles. The van der Waals surface area contributed by atoms with Gasteiger partial charge in [-0.3, -0.25) is 0 Å². The second-order valence-electron chi connectivity index (χ2n) is 4.93. The zero-order valence-corrected chi connectivity index (χ0v) is 11.7. The first-order chi connectivity index (χ1) is 9.02. The standard InChI is InChI=1S/C15H20FN3/c1-4-14(17)8-12-7-13(16)5-6-15(12)19-9-18-10(2)11(19)3/h5-7,9,14H,4,8,17H2,1-3H3. The molecule has 0 aliphatic heterocycles. The molecule has 2 N–H and O–H groups in total. The lowest BCUT2D eigenvalue weighted by atomic mass is 10.0. The molecule has 0 saturated heterocycles. The number of benzene rings is 1. The van der Waals surface area contributed by atoms with Gasteiger partial charge in [-0.15, -0.1) is 0 Å². The zero-order chi connectivity index (χ0) is 14.0. The van der Waals surface area contributed by atoms with E-state index in [0.717, 1.165) is 29.1 Å². The summed E-state index contributed by atoms with van der Waals surface area (Å²) in [5.41, 5.74) is 9.93. The summed E-state index contributed by atoms with van der Waals surface area (Å²) in [5, 5.41) is 0. The number of aromatic nitrogens is 2. The van der Waals surface area contributed by atoms with Gasteiger partial charge in [0.25, 0.3) is 0 Å². The summed E-state index contributed by atoms with van der Waals surface area (Å²) in [7, 11) is 0. The Morgan fingerprint density at radius 2 is 2.11 bits per heavy atom. The second kappa shape index (κ2) is 5.53. The van der Waals surface area contributed by atoms with Gasteiger partial charge in [0.1, 0.15) is 5.82 Å². The van der Waals surface area contributed by atoms with Crippen molar-refractivity contribution in [3.05, 3.63) is 47.3 Å². The summed E-state index contributed by atoms with van der Waals surface area (Å²) in [4.78, 5) is 4.29. The van der Waals surface area contributed by atoms with E-state index in [1.165, 1.54) is 6.07 Å².